The Morgan fingerprint density at radius 1 is 1.64 bits per heavy atom. The summed E-state index contributed by atoms with van der Waals surface area (Å²) in [6.07, 6.45) is 3.13. The van der Waals surface area contributed by atoms with Crippen LogP contribution in [0.15, 0.2) is 18.2 Å². The molecule has 0 aromatic carbocycles. The molecule has 0 fully saturated rings. The number of aliphatic carboxylic acids is 1. The lowest BCUT2D eigenvalue weighted by Crippen LogP contribution is -1.95. The van der Waals surface area contributed by atoms with Crippen molar-refractivity contribution in [3.8, 4) is 0 Å². The monoisotopic (exact) mass is 192 g/mol. The highest BCUT2D eigenvalue weighted by Gasteiger charge is 1.97. The first kappa shape index (κ1) is 10.2. The molecule has 0 aliphatic carbocycles. The zero-order valence-electron chi connectivity index (χ0n) is 7.90. The molecule has 3 N–H and O–H groups in total. The third kappa shape index (κ3) is 2.90. The largest absolute Gasteiger partial charge is 0.481 e. The molecule has 74 valence electrons. The van der Waals surface area contributed by atoms with E-state index in [-0.39, 0.29) is 6.42 Å². The summed E-state index contributed by atoms with van der Waals surface area (Å²) in [4.78, 5) is 14.4. The van der Waals surface area contributed by atoms with Crippen molar-refractivity contribution in [1.82, 2.24) is 4.98 Å². The van der Waals surface area contributed by atoms with Crippen molar-refractivity contribution in [2.24, 2.45) is 0 Å². The number of aryl methyl sites for hydroxylation is 1. The Hall–Kier alpha value is -1.84. The lowest BCUT2D eigenvalue weighted by molar-refractivity contribution is -0.135. The molecule has 0 radical (unpaired) electrons. The molecule has 0 aliphatic rings. The predicted molar refractivity (Wildman–Crippen MR) is 54.7 cm³/mol. The zero-order chi connectivity index (χ0) is 10.6. The van der Waals surface area contributed by atoms with Crippen LogP contribution in [0, 0.1) is 6.92 Å². The lowest BCUT2D eigenvalue weighted by Gasteiger charge is -1.99. The van der Waals surface area contributed by atoms with E-state index in [0.717, 1.165) is 5.69 Å². The maximum absolute atomic E-state index is 10.2. The van der Waals surface area contributed by atoms with Crippen LogP contribution in [-0.4, -0.2) is 16.1 Å². The van der Waals surface area contributed by atoms with Gasteiger partial charge in [-0.1, -0.05) is 6.08 Å². The summed E-state index contributed by atoms with van der Waals surface area (Å²) >= 11 is 0. The molecule has 0 atom stereocenters. The molecule has 0 amide bonds. The van der Waals surface area contributed by atoms with Crippen LogP contribution in [0.3, 0.4) is 0 Å². The Morgan fingerprint density at radius 3 is 3.00 bits per heavy atom. The Balaban J connectivity index is 2.80. The number of anilines is 1. The molecule has 0 saturated carbocycles. The smallest absolute Gasteiger partial charge is 0.307 e. The highest BCUT2D eigenvalue weighted by atomic mass is 16.4. The van der Waals surface area contributed by atoms with Gasteiger partial charge in [0, 0.05) is 5.69 Å². The number of nitrogen functional groups attached to an aromatic ring is 1. The fraction of sp³-hybridized carbons (Fsp3) is 0.200. The van der Waals surface area contributed by atoms with Gasteiger partial charge in [-0.2, -0.15) is 0 Å². The van der Waals surface area contributed by atoms with Crippen molar-refractivity contribution < 1.29 is 9.90 Å². The molecule has 1 rings (SSSR count). The molecule has 0 saturated heterocycles. The SMILES string of the molecule is Cc1ccc(N)c(C=CCC(=O)O)n1. The molecule has 1 heterocycles. The van der Waals surface area contributed by atoms with E-state index in [0.29, 0.717) is 11.4 Å². The van der Waals surface area contributed by atoms with E-state index in [2.05, 4.69) is 4.98 Å². The van der Waals surface area contributed by atoms with E-state index in [9.17, 15) is 4.79 Å². The lowest BCUT2D eigenvalue weighted by atomic mass is 10.2. The average Bonchev–Trinajstić information content (AvgIpc) is 2.10. The number of carboxylic acid groups (broad SMARTS) is 1. The van der Waals surface area contributed by atoms with Crippen LogP contribution in [-0.2, 0) is 4.79 Å². The molecule has 4 heteroatoms. The van der Waals surface area contributed by atoms with Crippen LogP contribution in [0.5, 0.6) is 0 Å². The average molecular weight is 192 g/mol. The molecular formula is C10H12N2O2. The fourth-order valence-electron chi connectivity index (χ4n) is 0.992. The standard InChI is InChI=1S/C10H12N2O2/c1-7-5-6-8(11)9(12-7)3-2-4-10(13)14/h2-3,5-6H,4,11H2,1H3,(H,13,14). The van der Waals surface area contributed by atoms with Crippen LogP contribution in [0.2, 0.25) is 0 Å². The summed E-state index contributed by atoms with van der Waals surface area (Å²) in [5, 5.41) is 8.41. The summed E-state index contributed by atoms with van der Waals surface area (Å²) in [6.45, 7) is 1.86. The minimum absolute atomic E-state index is 0.0188. The van der Waals surface area contributed by atoms with E-state index in [1.54, 1.807) is 12.1 Å². The summed E-state index contributed by atoms with van der Waals surface area (Å²) in [5.41, 5.74) is 7.67. The number of carbonyl (C=O) groups is 1. The van der Waals surface area contributed by atoms with Gasteiger partial charge in [-0.05, 0) is 25.1 Å². The van der Waals surface area contributed by atoms with E-state index < -0.39 is 5.97 Å². The van der Waals surface area contributed by atoms with Crippen LogP contribution < -0.4 is 5.73 Å². The van der Waals surface area contributed by atoms with Gasteiger partial charge in [-0.25, -0.2) is 0 Å². The number of hydrogen-bond acceptors (Lipinski definition) is 3. The van der Waals surface area contributed by atoms with E-state index in [1.807, 2.05) is 13.0 Å². The minimum Gasteiger partial charge on any atom is -0.481 e. The van der Waals surface area contributed by atoms with Crippen LogP contribution in [0.1, 0.15) is 17.8 Å². The number of nitrogens with two attached hydrogens (primary N) is 1. The van der Waals surface area contributed by atoms with Gasteiger partial charge in [0.05, 0.1) is 17.8 Å². The predicted octanol–water partition coefficient (Wildman–Crippen LogP) is 1.46. The first-order valence-corrected chi connectivity index (χ1v) is 4.21. The number of carboxylic acids is 1. The molecule has 0 bridgehead atoms. The zero-order valence-corrected chi connectivity index (χ0v) is 7.90. The maximum Gasteiger partial charge on any atom is 0.307 e. The van der Waals surface area contributed by atoms with Gasteiger partial charge in [-0.3, -0.25) is 9.78 Å². The molecule has 0 aliphatic heterocycles. The van der Waals surface area contributed by atoms with Crippen molar-refractivity contribution in [2.45, 2.75) is 13.3 Å². The first-order valence-electron chi connectivity index (χ1n) is 4.21. The normalized spacial score (nSPS) is 10.6. The molecule has 1 aromatic heterocycles. The van der Waals surface area contributed by atoms with Gasteiger partial charge >= 0.3 is 5.97 Å². The van der Waals surface area contributed by atoms with Gasteiger partial charge in [0.25, 0.3) is 0 Å². The maximum atomic E-state index is 10.2. The Labute approximate surface area is 82.1 Å². The van der Waals surface area contributed by atoms with Gasteiger partial charge < -0.3 is 10.8 Å². The van der Waals surface area contributed by atoms with E-state index >= 15 is 0 Å². The second kappa shape index (κ2) is 4.41. The van der Waals surface area contributed by atoms with Crippen molar-refractivity contribution in [1.29, 1.82) is 0 Å². The van der Waals surface area contributed by atoms with Crippen molar-refractivity contribution in [3.05, 3.63) is 29.6 Å². The number of aromatic nitrogens is 1. The Kier molecular flexibility index (Phi) is 3.23. The molecule has 1 aromatic rings. The molecule has 14 heavy (non-hydrogen) atoms. The Morgan fingerprint density at radius 2 is 2.36 bits per heavy atom. The fourth-order valence-corrected chi connectivity index (χ4v) is 0.992. The van der Waals surface area contributed by atoms with E-state index in [1.165, 1.54) is 6.08 Å². The van der Waals surface area contributed by atoms with Crippen molar-refractivity contribution >= 4 is 17.7 Å². The highest BCUT2D eigenvalue weighted by Crippen LogP contribution is 2.11. The Bertz CT molecular complexity index is 372. The minimum atomic E-state index is -0.868. The van der Waals surface area contributed by atoms with Crippen molar-refractivity contribution in [3.63, 3.8) is 0 Å². The number of nitrogens with zero attached hydrogens (tertiary/aromatic N) is 1. The summed E-state index contributed by atoms with van der Waals surface area (Å²) < 4.78 is 0. The molecular weight excluding hydrogens is 180 g/mol. The van der Waals surface area contributed by atoms with Gasteiger partial charge in [0.15, 0.2) is 0 Å². The van der Waals surface area contributed by atoms with Gasteiger partial charge in [-0.15, -0.1) is 0 Å². The summed E-state index contributed by atoms with van der Waals surface area (Å²) in [5.74, 6) is -0.868. The second-order valence-corrected chi connectivity index (χ2v) is 2.93. The molecule has 0 unspecified atom stereocenters. The third-order valence-corrected chi connectivity index (χ3v) is 1.66. The van der Waals surface area contributed by atoms with Crippen LogP contribution >= 0.6 is 0 Å². The topological polar surface area (TPSA) is 76.2 Å². The van der Waals surface area contributed by atoms with Crippen LogP contribution in [0.25, 0.3) is 6.08 Å². The summed E-state index contributed by atoms with van der Waals surface area (Å²) in [6, 6.07) is 3.56. The number of rotatable bonds is 3. The first-order chi connectivity index (χ1) is 6.59. The highest BCUT2D eigenvalue weighted by molar-refractivity contribution is 5.71. The molecule has 0 spiro atoms. The summed E-state index contributed by atoms with van der Waals surface area (Å²) in [7, 11) is 0. The third-order valence-electron chi connectivity index (χ3n) is 1.66. The van der Waals surface area contributed by atoms with Crippen LogP contribution in [0.4, 0.5) is 5.69 Å². The molecule has 4 nitrogen and oxygen atoms in total. The number of pyridine rings is 1. The second-order valence-electron chi connectivity index (χ2n) is 2.93. The van der Waals surface area contributed by atoms with Gasteiger partial charge in [0.2, 0.25) is 0 Å². The van der Waals surface area contributed by atoms with Crippen molar-refractivity contribution in [2.75, 3.05) is 5.73 Å². The van der Waals surface area contributed by atoms with Gasteiger partial charge in [0.1, 0.15) is 0 Å². The number of hydrogen-bond donors (Lipinski definition) is 2. The quantitative estimate of drug-likeness (QED) is 0.760. The van der Waals surface area contributed by atoms with E-state index in [4.69, 9.17) is 10.8 Å².